The molecule has 130 valence electrons. The lowest BCUT2D eigenvalue weighted by Crippen LogP contribution is -2.36. The normalized spacial score (nSPS) is 21.0. The van der Waals surface area contributed by atoms with Gasteiger partial charge in [-0.2, -0.15) is 0 Å². The molecule has 4 nitrogen and oxygen atoms in total. The fourth-order valence-electron chi connectivity index (χ4n) is 4.23. The molecule has 1 aromatic carbocycles. The van der Waals surface area contributed by atoms with E-state index in [0.29, 0.717) is 18.6 Å². The van der Waals surface area contributed by atoms with Gasteiger partial charge in [0.1, 0.15) is 5.75 Å². The lowest BCUT2D eigenvalue weighted by Gasteiger charge is -2.37. The summed E-state index contributed by atoms with van der Waals surface area (Å²) in [4.78, 5) is 25.6. The fourth-order valence-corrected chi connectivity index (χ4v) is 4.60. The highest BCUT2D eigenvalue weighted by molar-refractivity contribution is 9.10. The third kappa shape index (κ3) is 2.74. The van der Waals surface area contributed by atoms with Gasteiger partial charge in [0.2, 0.25) is 0 Å². The number of carbonyl (C=O) groups excluding carboxylic acids is 2. The summed E-state index contributed by atoms with van der Waals surface area (Å²) in [6.07, 6.45) is 4.54. The molecular formula is C20H20BrNO3. The highest BCUT2D eigenvalue weighted by Gasteiger charge is 2.41. The summed E-state index contributed by atoms with van der Waals surface area (Å²) in [6.45, 7) is 0. The first-order chi connectivity index (χ1) is 12.1. The Bertz CT molecular complexity index is 795. The highest BCUT2D eigenvalue weighted by atomic mass is 79.9. The molecule has 3 aliphatic rings. The number of benzene rings is 1. The smallest absolute Gasteiger partial charge is 0.161 e. The van der Waals surface area contributed by atoms with Gasteiger partial charge in [0.15, 0.2) is 11.6 Å². The Morgan fingerprint density at radius 3 is 2.16 bits per heavy atom. The van der Waals surface area contributed by atoms with Crippen molar-refractivity contribution in [3.05, 3.63) is 50.8 Å². The summed E-state index contributed by atoms with van der Waals surface area (Å²) in [5, 5.41) is 3.44. The Labute approximate surface area is 155 Å². The zero-order chi connectivity index (χ0) is 17.6. The van der Waals surface area contributed by atoms with E-state index in [1.807, 2.05) is 18.2 Å². The number of ether oxygens (including phenoxy) is 1. The number of halogens is 1. The summed E-state index contributed by atoms with van der Waals surface area (Å²) in [7, 11) is 1.63. The molecule has 1 heterocycles. The lowest BCUT2D eigenvalue weighted by atomic mass is 9.71. The van der Waals surface area contributed by atoms with Crippen LogP contribution in [0.25, 0.3) is 0 Å². The Morgan fingerprint density at radius 1 is 1.00 bits per heavy atom. The third-order valence-electron chi connectivity index (χ3n) is 5.29. The quantitative estimate of drug-likeness (QED) is 0.807. The van der Waals surface area contributed by atoms with Crippen molar-refractivity contribution in [3.63, 3.8) is 0 Å². The maximum Gasteiger partial charge on any atom is 0.161 e. The molecule has 0 saturated carbocycles. The molecule has 0 saturated heterocycles. The number of hydrogen-bond acceptors (Lipinski definition) is 4. The van der Waals surface area contributed by atoms with Crippen molar-refractivity contribution in [2.75, 3.05) is 7.11 Å². The molecule has 1 N–H and O–H groups in total. The molecular weight excluding hydrogens is 382 g/mol. The number of dihydropyridines is 1. The van der Waals surface area contributed by atoms with Crippen LogP contribution >= 0.6 is 15.9 Å². The van der Waals surface area contributed by atoms with Crippen LogP contribution in [0.2, 0.25) is 0 Å². The summed E-state index contributed by atoms with van der Waals surface area (Å²) in [5.41, 5.74) is 4.41. The maximum absolute atomic E-state index is 12.8. The second kappa shape index (κ2) is 6.45. The van der Waals surface area contributed by atoms with E-state index in [2.05, 4.69) is 21.2 Å². The van der Waals surface area contributed by atoms with E-state index in [-0.39, 0.29) is 17.5 Å². The zero-order valence-electron chi connectivity index (χ0n) is 14.2. The SMILES string of the molecule is COc1ccc(Br)cc1C1C2=C(CCCC2=O)NC2=C1C(=O)CCC2. The largest absolute Gasteiger partial charge is 0.496 e. The van der Waals surface area contributed by atoms with Gasteiger partial charge < -0.3 is 10.1 Å². The summed E-state index contributed by atoms with van der Waals surface area (Å²) < 4.78 is 6.49. The van der Waals surface area contributed by atoms with Crippen LogP contribution in [-0.2, 0) is 9.59 Å². The van der Waals surface area contributed by atoms with Gasteiger partial charge in [-0.3, -0.25) is 9.59 Å². The molecule has 0 atom stereocenters. The zero-order valence-corrected chi connectivity index (χ0v) is 15.7. The van der Waals surface area contributed by atoms with Crippen molar-refractivity contribution in [1.29, 1.82) is 0 Å². The molecule has 1 aliphatic heterocycles. The number of allylic oxidation sites excluding steroid dienone is 4. The Kier molecular flexibility index (Phi) is 4.28. The second-order valence-electron chi connectivity index (χ2n) is 6.78. The molecule has 5 heteroatoms. The molecule has 4 rings (SSSR count). The van der Waals surface area contributed by atoms with E-state index in [1.54, 1.807) is 7.11 Å². The first-order valence-electron chi connectivity index (χ1n) is 8.73. The van der Waals surface area contributed by atoms with Crippen LogP contribution in [0.5, 0.6) is 5.75 Å². The summed E-state index contributed by atoms with van der Waals surface area (Å²) in [6, 6.07) is 5.79. The van der Waals surface area contributed by atoms with Crippen LogP contribution < -0.4 is 10.1 Å². The van der Waals surface area contributed by atoms with Gasteiger partial charge >= 0.3 is 0 Å². The monoisotopic (exact) mass is 401 g/mol. The van der Waals surface area contributed by atoms with Crippen molar-refractivity contribution in [2.24, 2.45) is 0 Å². The van der Waals surface area contributed by atoms with Gasteiger partial charge in [-0.25, -0.2) is 0 Å². The first kappa shape index (κ1) is 16.6. The summed E-state index contributed by atoms with van der Waals surface area (Å²) in [5.74, 6) is 0.682. The molecule has 0 radical (unpaired) electrons. The van der Waals surface area contributed by atoms with Crippen LogP contribution in [0.3, 0.4) is 0 Å². The molecule has 2 aliphatic carbocycles. The molecule has 25 heavy (non-hydrogen) atoms. The highest BCUT2D eigenvalue weighted by Crippen LogP contribution is 2.47. The number of hydrogen-bond donors (Lipinski definition) is 1. The van der Waals surface area contributed by atoms with Crippen LogP contribution in [0.4, 0.5) is 0 Å². The molecule has 0 fully saturated rings. The topological polar surface area (TPSA) is 55.4 Å². The molecule has 0 bridgehead atoms. The van der Waals surface area contributed by atoms with E-state index < -0.39 is 0 Å². The minimum atomic E-state index is -0.320. The van der Waals surface area contributed by atoms with Gasteiger partial charge in [0, 0.05) is 51.3 Å². The minimum Gasteiger partial charge on any atom is -0.496 e. The number of nitrogens with one attached hydrogen (secondary N) is 1. The van der Waals surface area contributed by atoms with E-state index in [1.165, 1.54) is 0 Å². The van der Waals surface area contributed by atoms with E-state index in [9.17, 15) is 9.59 Å². The maximum atomic E-state index is 12.8. The Hall–Kier alpha value is -1.88. The van der Waals surface area contributed by atoms with Crippen LogP contribution in [0.1, 0.15) is 50.0 Å². The number of Topliss-reactive ketones (excluding diaryl/α,β-unsaturated/α-hetero) is 2. The van der Waals surface area contributed by atoms with Crippen molar-refractivity contribution < 1.29 is 14.3 Å². The fraction of sp³-hybridized carbons (Fsp3) is 0.400. The second-order valence-corrected chi connectivity index (χ2v) is 7.70. The standard InChI is InChI=1S/C20H20BrNO3/c1-25-17-9-8-11(21)10-12(17)18-19-13(4-2-6-15(19)23)22-14-5-3-7-16(24)20(14)18/h8-10,18,22H,2-7H2,1H3. The predicted molar refractivity (Wildman–Crippen MR) is 98.3 cm³/mol. The van der Waals surface area contributed by atoms with Gasteiger partial charge in [-0.15, -0.1) is 0 Å². The van der Waals surface area contributed by atoms with Crippen molar-refractivity contribution in [3.8, 4) is 5.75 Å². The van der Waals surface area contributed by atoms with Gasteiger partial charge in [-0.1, -0.05) is 15.9 Å². The molecule has 0 spiro atoms. The number of methoxy groups -OCH3 is 1. The Balaban J connectivity index is 1.96. The van der Waals surface area contributed by atoms with Crippen LogP contribution in [0.15, 0.2) is 45.2 Å². The Morgan fingerprint density at radius 2 is 1.60 bits per heavy atom. The first-order valence-corrected chi connectivity index (χ1v) is 9.52. The average molecular weight is 402 g/mol. The minimum absolute atomic E-state index is 0.144. The molecule has 1 aromatic rings. The van der Waals surface area contributed by atoms with E-state index in [4.69, 9.17) is 4.74 Å². The number of carbonyl (C=O) groups is 2. The van der Waals surface area contributed by atoms with Gasteiger partial charge in [-0.05, 0) is 43.9 Å². The van der Waals surface area contributed by atoms with Crippen molar-refractivity contribution >= 4 is 27.5 Å². The third-order valence-corrected chi connectivity index (χ3v) is 5.79. The molecule has 0 aromatic heterocycles. The van der Waals surface area contributed by atoms with Crippen LogP contribution in [0, 0.1) is 0 Å². The van der Waals surface area contributed by atoms with Crippen molar-refractivity contribution in [2.45, 2.75) is 44.4 Å². The van der Waals surface area contributed by atoms with Gasteiger partial charge in [0.25, 0.3) is 0 Å². The summed E-state index contributed by atoms with van der Waals surface area (Å²) >= 11 is 3.53. The lowest BCUT2D eigenvalue weighted by molar-refractivity contribution is -0.116. The van der Waals surface area contributed by atoms with Crippen LogP contribution in [-0.4, -0.2) is 18.7 Å². The van der Waals surface area contributed by atoms with E-state index >= 15 is 0 Å². The van der Waals surface area contributed by atoms with Gasteiger partial charge in [0.05, 0.1) is 7.11 Å². The van der Waals surface area contributed by atoms with E-state index in [0.717, 1.165) is 58.3 Å². The van der Waals surface area contributed by atoms with Crippen molar-refractivity contribution in [1.82, 2.24) is 5.32 Å². The predicted octanol–water partition coefficient (Wildman–Crippen LogP) is 4.16. The average Bonchev–Trinajstić information content (AvgIpc) is 2.60. The number of rotatable bonds is 2. The number of ketones is 2. The molecule has 0 unspecified atom stereocenters. The molecule has 0 amide bonds.